The zero-order chi connectivity index (χ0) is 20.3. The minimum atomic E-state index is -0.0661. The van der Waals surface area contributed by atoms with Crippen molar-refractivity contribution in [1.29, 1.82) is 0 Å². The van der Waals surface area contributed by atoms with E-state index in [1.54, 1.807) is 22.8 Å². The maximum Gasteiger partial charge on any atom is 0.262 e. The molecule has 0 unspecified atom stereocenters. The smallest absolute Gasteiger partial charge is 0.262 e. The third-order valence-corrected chi connectivity index (χ3v) is 6.46. The lowest BCUT2D eigenvalue weighted by atomic mass is 10.0. The van der Waals surface area contributed by atoms with E-state index in [9.17, 15) is 9.59 Å². The standard InChI is InChI=1S/C21H28ClN3O2S/c1-14(2)9-11-25-20(27)17-8-7-16(22)12-18(17)23-21(25)28-13-19(26)24-10-5-4-6-15(24)3/h7-8,12,14-15H,4-6,9-11,13H2,1-3H3/t15-/m0/s1. The molecule has 2 aromatic rings. The zero-order valence-corrected chi connectivity index (χ0v) is 18.4. The van der Waals surface area contributed by atoms with Crippen LogP contribution in [0.4, 0.5) is 0 Å². The van der Waals surface area contributed by atoms with Crippen molar-refractivity contribution in [3.63, 3.8) is 0 Å². The van der Waals surface area contributed by atoms with E-state index < -0.39 is 0 Å². The third kappa shape index (κ3) is 4.90. The first-order valence-electron chi connectivity index (χ1n) is 9.99. The van der Waals surface area contributed by atoms with Gasteiger partial charge in [-0.1, -0.05) is 37.2 Å². The Labute approximate surface area is 175 Å². The van der Waals surface area contributed by atoms with Crippen molar-refractivity contribution in [2.24, 2.45) is 5.92 Å². The van der Waals surface area contributed by atoms with Crippen LogP contribution in [0.25, 0.3) is 10.9 Å². The molecule has 0 N–H and O–H groups in total. The molecule has 28 heavy (non-hydrogen) atoms. The summed E-state index contributed by atoms with van der Waals surface area (Å²) in [5.41, 5.74) is 0.517. The van der Waals surface area contributed by atoms with E-state index in [4.69, 9.17) is 11.6 Å². The van der Waals surface area contributed by atoms with E-state index in [1.807, 2.05) is 4.90 Å². The number of benzene rings is 1. The number of rotatable bonds is 6. The van der Waals surface area contributed by atoms with Crippen LogP contribution in [0.2, 0.25) is 5.02 Å². The van der Waals surface area contributed by atoms with Gasteiger partial charge in [0.15, 0.2) is 5.16 Å². The lowest BCUT2D eigenvalue weighted by Crippen LogP contribution is -2.43. The van der Waals surface area contributed by atoms with Gasteiger partial charge in [0.25, 0.3) is 5.56 Å². The molecule has 1 aromatic heterocycles. The number of fused-ring (bicyclic) bond motifs is 1. The van der Waals surface area contributed by atoms with E-state index in [1.165, 1.54) is 18.2 Å². The highest BCUT2D eigenvalue weighted by Crippen LogP contribution is 2.23. The summed E-state index contributed by atoms with van der Waals surface area (Å²) in [7, 11) is 0. The second kappa shape index (κ2) is 9.31. The summed E-state index contributed by atoms with van der Waals surface area (Å²) in [5.74, 6) is 0.888. The van der Waals surface area contributed by atoms with Crippen LogP contribution < -0.4 is 5.56 Å². The number of likely N-dealkylation sites (tertiary alicyclic amines) is 1. The largest absolute Gasteiger partial charge is 0.339 e. The summed E-state index contributed by atoms with van der Waals surface area (Å²) in [6.07, 6.45) is 4.18. The minimum absolute atomic E-state index is 0.0661. The molecule has 2 heterocycles. The first-order chi connectivity index (χ1) is 13.4. The molecule has 5 nitrogen and oxygen atoms in total. The molecule has 1 amide bonds. The second-order valence-corrected chi connectivity index (χ2v) is 9.29. The van der Waals surface area contributed by atoms with Gasteiger partial charge in [-0.25, -0.2) is 4.98 Å². The number of aromatic nitrogens is 2. The van der Waals surface area contributed by atoms with Gasteiger partial charge in [0.2, 0.25) is 5.91 Å². The Morgan fingerprint density at radius 2 is 2.14 bits per heavy atom. The summed E-state index contributed by atoms with van der Waals surface area (Å²) >= 11 is 7.45. The van der Waals surface area contributed by atoms with Crippen LogP contribution >= 0.6 is 23.4 Å². The Morgan fingerprint density at radius 1 is 1.36 bits per heavy atom. The molecular formula is C21H28ClN3O2S. The number of thioether (sulfide) groups is 1. The quantitative estimate of drug-likeness (QED) is 0.505. The predicted molar refractivity (Wildman–Crippen MR) is 116 cm³/mol. The highest BCUT2D eigenvalue weighted by atomic mass is 35.5. The fourth-order valence-corrected chi connectivity index (χ4v) is 4.62. The molecule has 1 aromatic carbocycles. The Balaban J connectivity index is 1.88. The average molecular weight is 422 g/mol. The molecule has 1 saturated heterocycles. The maximum atomic E-state index is 13.0. The first-order valence-corrected chi connectivity index (χ1v) is 11.4. The van der Waals surface area contributed by atoms with Crippen LogP contribution in [-0.2, 0) is 11.3 Å². The molecule has 3 rings (SSSR count). The Hall–Kier alpha value is -1.53. The molecule has 1 fully saturated rings. The maximum absolute atomic E-state index is 13.0. The number of carbonyl (C=O) groups is 1. The number of hydrogen-bond acceptors (Lipinski definition) is 4. The molecule has 0 spiro atoms. The molecule has 0 radical (unpaired) electrons. The number of carbonyl (C=O) groups excluding carboxylic acids is 1. The van der Waals surface area contributed by atoms with Gasteiger partial charge in [0.05, 0.1) is 16.7 Å². The predicted octanol–water partition coefficient (Wildman–Crippen LogP) is 4.59. The Kier molecular flexibility index (Phi) is 7.05. The van der Waals surface area contributed by atoms with Gasteiger partial charge in [0, 0.05) is 24.2 Å². The van der Waals surface area contributed by atoms with Crippen molar-refractivity contribution in [3.05, 3.63) is 33.6 Å². The summed E-state index contributed by atoms with van der Waals surface area (Å²) in [4.78, 5) is 32.4. The number of halogens is 1. The van der Waals surface area contributed by atoms with Crippen molar-refractivity contribution < 1.29 is 4.79 Å². The van der Waals surface area contributed by atoms with Gasteiger partial charge >= 0.3 is 0 Å². The van der Waals surface area contributed by atoms with E-state index in [-0.39, 0.29) is 17.5 Å². The number of hydrogen-bond donors (Lipinski definition) is 0. The van der Waals surface area contributed by atoms with Crippen LogP contribution in [-0.4, -0.2) is 38.7 Å². The van der Waals surface area contributed by atoms with Crippen LogP contribution in [0, 0.1) is 5.92 Å². The molecule has 0 aliphatic carbocycles. The monoisotopic (exact) mass is 421 g/mol. The molecule has 0 bridgehead atoms. The van der Waals surface area contributed by atoms with Gasteiger partial charge < -0.3 is 4.90 Å². The third-order valence-electron chi connectivity index (χ3n) is 5.26. The zero-order valence-electron chi connectivity index (χ0n) is 16.8. The van der Waals surface area contributed by atoms with Crippen molar-refractivity contribution in [2.75, 3.05) is 12.3 Å². The minimum Gasteiger partial charge on any atom is -0.339 e. The normalized spacial score (nSPS) is 17.5. The SMILES string of the molecule is CC(C)CCn1c(SCC(=O)N2CCCC[C@@H]2C)nc2cc(Cl)ccc2c1=O. The summed E-state index contributed by atoms with van der Waals surface area (Å²) in [5, 5.41) is 1.71. The van der Waals surface area contributed by atoms with Gasteiger partial charge in [-0.2, -0.15) is 0 Å². The van der Waals surface area contributed by atoms with Crippen molar-refractivity contribution in [1.82, 2.24) is 14.5 Å². The summed E-state index contributed by atoms with van der Waals surface area (Å²) in [6.45, 7) is 7.79. The summed E-state index contributed by atoms with van der Waals surface area (Å²) < 4.78 is 1.72. The van der Waals surface area contributed by atoms with Crippen molar-refractivity contribution >= 4 is 40.2 Å². The Bertz CT molecular complexity index is 912. The van der Waals surface area contributed by atoms with E-state index >= 15 is 0 Å². The van der Waals surface area contributed by atoms with Gasteiger partial charge in [0.1, 0.15) is 0 Å². The first kappa shape index (κ1) is 21.2. The molecule has 7 heteroatoms. The topological polar surface area (TPSA) is 55.2 Å². The number of piperidine rings is 1. The molecule has 1 aliphatic heterocycles. The summed E-state index contributed by atoms with van der Waals surface area (Å²) in [6, 6.07) is 5.44. The van der Waals surface area contributed by atoms with Crippen molar-refractivity contribution in [3.8, 4) is 0 Å². The number of nitrogens with zero attached hydrogens (tertiary/aromatic N) is 3. The van der Waals surface area contributed by atoms with E-state index in [0.717, 1.165) is 25.8 Å². The second-order valence-electron chi connectivity index (χ2n) is 7.92. The van der Waals surface area contributed by atoms with Crippen LogP contribution in [0.15, 0.2) is 28.2 Å². The fourth-order valence-electron chi connectivity index (χ4n) is 3.55. The highest BCUT2D eigenvalue weighted by molar-refractivity contribution is 7.99. The highest BCUT2D eigenvalue weighted by Gasteiger charge is 2.24. The van der Waals surface area contributed by atoms with Crippen LogP contribution in [0.1, 0.15) is 46.5 Å². The molecular weight excluding hydrogens is 394 g/mol. The van der Waals surface area contributed by atoms with E-state index in [0.29, 0.717) is 39.3 Å². The lowest BCUT2D eigenvalue weighted by Gasteiger charge is -2.33. The fraction of sp³-hybridized carbons (Fsp3) is 0.571. The molecule has 1 aliphatic rings. The van der Waals surface area contributed by atoms with Crippen LogP contribution in [0.5, 0.6) is 0 Å². The Morgan fingerprint density at radius 3 is 2.86 bits per heavy atom. The van der Waals surface area contributed by atoms with E-state index in [2.05, 4.69) is 25.8 Å². The lowest BCUT2D eigenvalue weighted by molar-refractivity contribution is -0.131. The van der Waals surface area contributed by atoms with Gasteiger partial charge in [-0.3, -0.25) is 14.2 Å². The van der Waals surface area contributed by atoms with Gasteiger partial charge in [-0.15, -0.1) is 0 Å². The molecule has 0 saturated carbocycles. The van der Waals surface area contributed by atoms with Gasteiger partial charge in [-0.05, 0) is 56.7 Å². The number of amides is 1. The molecule has 152 valence electrons. The molecule has 1 atom stereocenters. The average Bonchev–Trinajstić information content (AvgIpc) is 2.65. The van der Waals surface area contributed by atoms with Crippen molar-refractivity contribution in [2.45, 2.75) is 64.2 Å². The van der Waals surface area contributed by atoms with Crippen LogP contribution in [0.3, 0.4) is 0 Å².